The molecular formula is C14H22N2O. The maximum absolute atomic E-state index is 5.71. The Balaban J connectivity index is 2.02. The Hall–Kier alpha value is -1.06. The zero-order chi connectivity index (χ0) is 12.3. The number of anilines is 1. The van der Waals surface area contributed by atoms with Gasteiger partial charge in [0.05, 0.1) is 12.7 Å². The zero-order valence-corrected chi connectivity index (χ0v) is 10.7. The van der Waals surface area contributed by atoms with Crippen molar-refractivity contribution in [3.63, 3.8) is 0 Å². The van der Waals surface area contributed by atoms with Gasteiger partial charge in [0, 0.05) is 24.8 Å². The van der Waals surface area contributed by atoms with Crippen molar-refractivity contribution in [3.05, 3.63) is 29.8 Å². The van der Waals surface area contributed by atoms with Crippen LogP contribution in [0.1, 0.15) is 25.8 Å². The highest BCUT2D eigenvalue weighted by atomic mass is 16.5. The fraction of sp³-hybridized carbons (Fsp3) is 0.571. The van der Waals surface area contributed by atoms with Crippen LogP contribution in [-0.4, -0.2) is 30.2 Å². The molecule has 0 spiro atoms. The van der Waals surface area contributed by atoms with E-state index in [0.717, 1.165) is 31.8 Å². The predicted molar refractivity (Wildman–Crippen MR) is 70.8 cm³/mol. The van der Waals surface area contributed by atoms with Gasteiger partial charge in [-0.1, -0.05) is 19.1 Å². The molecule has 1 aliphatic heterocycles. The quantitative estimate of drug-likeness (QED) is 0.815. The van der Waals surface area contributed by atoms with E-state index in [0.29, 0.717) is 12.1 Å². The topological polar surface area (TPSA) is 38.5 Å². The molecule has 0 aliphatic carbocycles. The SMILES string of the molecule is CCC1COC(C)CN1Cc1ccc(N)cc1. The number of nitrogens with two attached hydrogens (primary N) is 1. The summed E-state index contributed by atoms with van der Waals surface area (Å²) in [6, 6.07) is 8.72. The number of nitrogens with zero attached hydrogens (tertiary/aromatic N) is 1. The highest BCUT2D eigenvalue weighted by molar-refractivity contribution is 5.39. The molecule has 1 fully saturated rings. The monoisotopic (exact) mass is 234 g/mol. The molecule has 17 heavy (non-hydrogen) atoms. The van der Waals surface area contributed by atoms with Crippen LogP contribution >= 0.6 is 0 Å². The lowest BCUT2D eigenvalue weighted by atomic mass is 10.1. The van der Waals surface area contributed by atoms with E-state index >= 15 is 0 Å². The number of rotatable bonds is 3. The number of hydrogen-bond donors (Lipinski definition) is 1. The average Bonchev–Trinajstić information content (AvgIpc) is 2.32. The Morgan fingerprint density at radius 2 is 2.06 bits per heavy atom. The number of hydrogen-bond acceptors (Lipinski definition) is 3. The summed E-state index contributed by atoms with van der Waals surface area (Å²) in [7, 11) is 0. The van der Waals surface area contributed by atoms with Crippen molar-refractivity contribution in [1.29, 1.82) is 0 Å². The number of ether oxygens (including phenoxy) is 1. The van der Waals surface area contributed by atoms with E-state index in [4.69, 9.17) is 10.5 Å². The largest absolute Gasteiger partial charge is 0.399 e. The fourth-order valence-corrected chi connectivity index (χ4v) is 2.34. The Labute approximate surface area is 104 Å². The van der Waals surface area contributed by atoms with Crippen LogP contribution < -0.4 is 5.73 Å². The summed E-state index contributed by atoms with van der Waals surface area (Å²) < 4.78 is 5.71. The van der Waals surface area contributed by atoms with Gasteiger partial charge in [-0.05, 0) is 31.0 Å². The summed E-state index contributed by atoms with van der Waals surface area (Å²) in [6.07, 6.45) is 1.48. The first-order chi connectivity index (χ1) is 8.19. The molecule has 1 aliphatic rings. The Bertz CT molecular complexity index is 350. The first kappa shape index (κ1) is 12.4. The van der Waals surface area contributed by atoms with Gasteiger partial charge in [-0.15, -0.1) is 0 Å². The standard InChI is InChI=1S/C14H22N2O/c1-3-14-10-17-11(2)8-16(14)9-12-4-6-13(15)7-5-12/h4-7,11,14H,3,8-10,15H2,1-2H3. The number of benzene rings is 1. The molecule has 1 heterocycles. The van der Waals surface area contributed by atoms with E-state index in [2.05, 4.69) is 30.9 Å². The average molecular weight is 234 g/mol. The van der Waals surface area contributed by atoms with Gasteiger partial charge >= 0.3 is 0 Å². The van der Waals surface area contributed by atoms with Crippen molar-refractivity contribution in [2.45, 2.75) is 39.0 Å². The third kappa shape index (κ3) is 3.20. The first-order valence-electron chi connectivity index (χ1n) is 6.39. The summed E-state index contributed by atoms with van der Waals surface area (Å²) in [5.74, 6) is 0. The van der Waals surface area contributed by atoms with Crippen LogP contribution in [-0.2, 0) is 11.3 Å². The highest BCUT2D eigenvalue weighted by Gasteiger charge is 2.25. The van der Waals surface area contributed by atoms with Crippen LogP contribution in [0.15, 0.2) is 24.3 Å². The third-order valence-electron chi connectivity index (χ3n) is 3.42. The van der Waals surface area contributed by atoms with Gasteiger partial charge < -0.3 is 10.5 Å². The fourth-order valence-electron chi connectivity index (χ4n) is 2.34. The summed E-state index contributed by atoms with van der Waals surface area (Å²) in [5.41, 5.74) is 7.86. The molecule has 3 heteroatoms. The van der Waals surface area contributed by atoms with Gasteiger partial charge in [0.25, 0.3) is 0 Å². The minimum absolute atomic E-state index is 0.339. The molecule has 1 aromatic rings. The molecule has 94 valence electrons. The van der Waals surface area contributed by atoms with Crippen molar-refractivity contribution in [3.8, 4) is 0 Å². The molecule has 2 atom stereocenters. The van der Waals surface area contributed by atoms with Crippen LogP contribution in [0, 0.1) is 0 Å². The van der Waals surface area contributed by atoms with Gasteiger partial charge in [0.2, 0.25) is 0 Å². The molecular weight excluding hydrogens is 212 g/mol. The summed E-state index contributed by atoms with van der Waals surface area (Å²) in [4.78, 5) is 2.51. The second kappa shape index (κ2) is 5.52. The van der Waals surface area contributed by atoms with Crippen molar-refractivity contribution in [1.82, 2.24) is 4.90 Å². The van der Waals surface area contributed by atoms with Crippen molar-refractivity contribution in [2.75, 3.05) is 18.9 Å². The second-order valence-electron chi connectivity index (χ2n) is 4.88. The lowest BCUT2D eigenvalue weighted by molar-refractivity contribution is -0.0591. The molecule has 0 radical (unpaired) electrons. The van der Waals surface area contributed by atoms with E-state index in [1.54, 1.807) is 0 Å². The van der Waals surface area contributed by atoms with Gasteiger partial charge in [-0.25, -0.2) is 0 Å². The molecule has 3 nitrogen and oxygen atoms in total. The van der Waals surface area contributed by atoms with Gasteiger partial charge in [-0.2, -0.15) is 0 Å². The minimum atomic E-state index is 0.339. The molecule has 2 rings (SSSR count). The maximum Gasteiger partial charge on any atom is 0.0674 e. The third-order valence-corrected chi connectivity index (χ3v) is 3.42. The minimum Gasteiger partial charge on any atom is -0.399 e. The Morgan fingerprint density at radius 1 is 1.35 bits per heavy atom. The Morgan fingerprint density at radius 3 is 2.71 bits per heavy atom. The molecule has 2 unspecified atom stereocenters. The van der Waals surface area contributed by atoms with E-state index in [1.165, 1.54) is 5.56 Å². The molecule has 0 aromatic heterocycles. The predicted octanol–water partition coefficient (Wildman–Crippen LogP) is 2.27. The highest BCUT2D eigenvalue weighted by Crippen LogP contribution is 2.18. The second-order valence-corrected chi connectivity index (χ2v) is 4.88. The summed E-state index contributed by atoms with van der Waals surface area (Å²) >= 11 is 0. The van der Waals surface area contributed by atoms with Crippen LogP contribution in [0.3, 0.4) is 0 Å². The Kier molecular flexibility index (Phi) is 4.02. The molecule has 1 saturated heterocycles. The smallest absolute Gasteiger partial charge is 0.0674 e. The van der Waals surface area contributed by atoms with E-state index in [9.17, 15) is 0 Å². The lowest BCUT2D eigenvalue weighted by Gasteiger charge is -2.38. The lowest BCUT2D eigenvalue weighted by Crippen LogP contribution is -2.47. The van der Waals surface area contributed by atoms with Gasteiger partial charge in [-0.3, -0.25) is 4.90 Å². The number of nitrogen functional groups attached to an aromatic ring is 1. The zero-order valence-electron chi connectivity index (χ0n) is 10.7. The summed E-state index contributed by atoms with van der Waals surface area (Å²) in [5, 5.41) is 0. The molecule has 2 N–H and O–H groups in total. The first-order valence-corrected chi connectivity index (χ1v) is 6.39. The molecule has 0 bridgehead atoms. The van der Waals surface area contributed by atoms with Crippen molar-refractivity contribution in [2.24, 2.45) is 0 Å². The van der Waals surface area contributed by atoms with Crippen LogP contribution in [0.4, 0.5) is 5.69 Å². The van der Waals surface area contributed by atoms with Gasteiger partial charge in [0.1, 0.15) is 0 Å². The molecule has 0 saturated carbocycles. The van der Waals surface area contributed by atoms with Crippen LogP contribution in [0.2, 0.25) is 0 Å². The normalized spacial score (nSPS) is 26.0. The van der Waals surface area contributed by atoms with Crippen LogP contribution in [0.25, 0.3) is 0 Å². The molecule has 0 amide bonds. The maximum atomic E-state index is 5.71. The number of morpholine rings is 1. The van der Waals surface area contributed by atoms with Gasteiger partial charge in [0.15, 0.2) is 0 Å². The van der Waals surface area contributed by atoms with E-state index in [1.807, 2.05) is 12.1 Å². The van der Waals surface area contributed by atoms with E-state index in [-0.39, 0.29) is 0 Å². The molecule has 1 aromatic carbocycles. The van der Waals surface area contributed by atoms with Crippen molar-refractivity contribution < 1.29 is 4.74 Å². The summed E-state index contributed by atoms with van der Waals surface area (Å²) in [6.45, 7) is 7.23. The van der Waals surface area contributed by atoms with Crippen LogP contribution in [0.5, 0.6) is 0 Å². The van der Waals surface area contributed by atoms with E-state index < -0.39 is 0 Å². The van der Waals surface area contributed by atoms with Crippen molar-refractivity contribution >= 4 is 5.69 Å².